The van der Waals surface area contributed by atoms with Crippen molar-refractivity contribution in [1.29, 1.82) is 0 Å². The van der Waals surface area contributed by atoms with E-state index in [0.717, 1.165) is 18.6 Å². The van der Waals surface area contributed by atoms with E-state index >= 15 is 0 Å². The first-order chi connectivity index (χ1) is 6.74. The minimum Gasteiger partial charge on any atom is -0.466 e. The van der Waals surface area contributed by atoms with Gasteiger partial charge in [-0.2, -0.15) is 0 Å². The summed E-state index contributed by atoms with van der Waals surface area (Å²) in [6.07, 6.45) is 2.54. The molecule has 0 aromatic carbocycles. The minimum atomic E-state index is -0.858. The van der Waals surface area contributed by atoms with Gasteiger partial charge in [0.2, 0.25) is 5.60 Å². The normalized spacial score (nSPS) is 32.4. The number of oxime groups is 1. The molecule has 2 N–H and O–H groups in total. The van der Waals surface area contributed by atoms with Gasteiger partial charge < -0.3 is 15.3 Å². The molecule has 86 valence electrons. The fourth-order valence-corrected chi connectivity index (χ4v) is 2.36. The quantitative estimate of drug-likeness (QED) is 0.705. The highest BCUT2D eigenvalue weighted by atomic mass is 35.5. The zero-order valence-electron chi connectivity index (χ0n) is 8.56. The molecule has 1 saturated carbocycles. The third kappa shape index (κ3) is 1.59. The summed E-state index contributed by atoms with van der Waals surface area (Å²) in [5.74, 6) is -0.299. The summed E-state index contributed by atoms with van der Waals surface area (Å²) in [7, 11) is 1.37. The number of ether oxygens (including phenoxy) is 1. The van der Waals surface area contributed by atoms with Gasteiger partial charge in [0.15, 0.2) is 0 Å². The standard InChI is InChI=1S/C9H14N2O3.ClH/c1-13-8(12)9-4-2-3-6(9)7(5-10)11-14-9;/h6H,2-5,10H2,1H3;1H. The van der Waals surface area contributed by atoms with E-state index in [9.17, 15) is 4.79 Å². The van der Waals surface area contributed by atoms with Crippen LogP contribution in [0.3, 0.4) is 0 Å². The Kier molecular flexibility index (Phi) is 3.57. The van der Waals surface area contributed by atoms with E-state index in [4.69, 9.17) is 15.3 Å². The summed E-state index contributed by atoms with van der Waals surface area (Å²) >= 11 is 0. The monoisotopic (exact) mass is 234 g/mol. The Morgan fingerprint density at radius 2 is 2.53 bits per heavy atom. The number of carbonyl (C=O) groups is 1. The van der Waals surface area contributed by atoms with Crippen LogP contribution in [0.5, 0.6) is 0 Å². The molecule has 15 heavy (non-hydrogen) atoms. The number of halogens is 1. The van der Waals surface area contributed by atoms with Gasteiger partial charge in [-0.25, -0.2) is 4.79 Å². The molecule has 0 spiro atoms. The number of esters is 1. The molecular weight excluding hydrogens is 220 g/mol. The maximum absolute atomic E-state index is 11.6. The summed E-state index contributed by atoms with van der Waals surface area (Å²) in [4.78, 5) is 16.9. The molecule has 5 nitrogen and oxygen atoms in total. The molecule has 2 unspecified atom stereocenters. The van der Waals surface area contributed by atoms with Crippen molar-refractivity contribution in [2.45, 2.75) is 24.9 Å². The van der Waals surface area contributed by atoms with Crippen molar-refractivity contribution in [3.63, 3.8) is 0 Å². The van der Waals surface area contributed by atoms with Gasteiger partial charge in [-0.3, -0.25) is 0 Å². The molecule has 2 atom stereocenters. The molecule has 0 radical (unpaired) electrons. The van der Waals surface area contributed by atoms with Crippen LogP contribution in [0.4, 0.5) is 0 Å². The lowest BCUT2D eigenvalue weighted by molar-refractivity contribution is -0.168. The third-order valence-electron chi connectivity index (χ3n) is 3.07. The predicted octanol–water partition coefficient (Wildman–Crippen LogP) is 0.465. The van der Waals surface area contributed by atoms with Crippen molar-refractivity contribution >= 4 is 24.1 Å². The second kappa shape index (κ2) is 4.37. The van der Waals surface area contributed by atoms with Crippen LogP contribution >= 0.6 is 12.4 Å². The number of nitrogens with zero attached hydrogens (tertiary/aromatic N) is 1. The van der Waals surface area contributed by atoms with E-state index in [1.807, 2.05) is 0 Å². The Morgan fingerprint density at radius 3 is 3.13 bits per heavy atom. The first-order valence-electron chi connectivity index (χ1n) is 4.78. The summed E-state index contributed by atoms with van der Waals surface area (Å²) in [6, 6.07) is 0. The Hall–Kier alpha value is -0.810. The van der Waals surface area contributed by atoms with Crippen molar-refractivity contribution in [2.75, 3.05) is 13.7 Å². The van der Waals surface area contributed by atoms with Crippen LogP contribution in [0, 0.1) is 5.92 Å². The summed E-state index contributed by atoms with van der Waals surface area (Å²) in [6.45, 7) is 0.351. The van der Waals surface area contributed by atoms with Crippen LogP contribution in [0.1, 0.15) is 19.3 Å². The largest absolute Gasteiger partial charge is 0.466 e. The molecule has 1 heterocycles. The van der Waals surface area contributed by atoms with Gasteiger partial charge in [0.25, 0.3) is 0 Å². The SMILES string of the molecule is COC(=O)C12CCCC1C(CN)=NO2.Cl. The van der Waals surface area contributed by atoms with Gasteiger partial charge >= 0.3 is 5.97 Å². The highest BCUT2D eigenvalue weighted by molar-refractivity contribution is 5.97. The molecule has 0 saturated heterocycles. The van der Waals surface area contributed by atoms with Gasteiger partial charge in [-0.1, -0.05) is 5.16 Å². The van der Waals surface area contributed by atoms with E-state index in [2.05, 4.69) is 5.16 Å². The fraction of sp³-hybridized carbons (Fsp3) is 0.778. The molecule has 1 aliphatic heterocycles. The van der Waals surface area contributed by atoms with Crippen molar-refractivity contribution < 1.29 is 14.4 Å². The van der Waals surface area contributed by atoms with E-state index in [1.54, 1.807) is 0 Å². The van der Waals surface area contributed by atoms with Crippen molar-refractivity contribution in [2.24, 2.45) is 16.8 Å². The Labute approximate surface area is 94.4 Å². The van der Waals surface area contributed by atoms with Crippen molar-refractivity contribution in [1.82, 2.24) is 0 Å². The second-order valence-electron chi connectivity index (χ2n) is 3.70. The lowest BCUT2D eigenvalue weighted by Crippen LogP contribution is -2.44. The summed E-state index contributed by atoms with van der Waals surface area (Å²) in [5.41, 5.74) is 5.45. The molecular formula is C9H15ClN2O3. The Balaban J connectivity index is 0.00000112. The Bertz CT molecular complexity index is 295. The molecule has 2 rings (SSSR count). The molecule has 0 amide bonds. The number of hydrogen-bond donors (Lipinski definition) is 1. The fourth-order valence-electron chi connectivity index (χ4n) is 2.36. The molecule has 2 aliphatic rings. The third-order valence-corrected chi connectivity index (χ3v) is 3.07. The molecule has 6 heteroatoms. The van der Waals surface area contributed by atoms with Crippen molar-refractivity contribution in [3.05, 3.63) is 0 Å². The zero-order valence-corrected chi connectivity index (χ0v) is 9.38. The minimum absolute atomic E-state index is 0. The van der Waals surface area contributed by atoms with Gasteiger partial charge in [-0.05, 0) is 12.8 Å². The lowest BCUT2D eigenvalue weighted by Gasteiger charge is -2.23. The number of carbonyl (C=O) groups excluding carboxylic acids is 1. The molecule has 0 aromatic heterocycles. The molecule has 1 fully saturated rings. The number of rotatable bonds is 2. The molecule has 0 bridgehead atoms. The second-order valence-corrected chi connectivity index (χ2v) is 3.70. The van der Waals surface area contributed by atoms with Gasteiger partial charge in [0, 0.05) is 13.0 Å². The van der Waals surface area contributed by atoms with Crippen LogP contribution in [0.15, 0.2) is 5.16 Å². The average Bonchev–Trinajstić information content (AvgIpc) is 2.74. The highest BCUT2D eigenvalue weighted by Gasteiger charge is 2.58. The zero-order chi connectivity index (χ0) is 10.2. The van der Waals surface area contributed by atoms with Crippen LogP contribution in [0.2, 0.25) is 0 Å². The van der Waals surface area contributed by atoms with Crippen LogP contribution in [-0.4, -0.2) is 30.9 Å². The van der Waals surface area contributed by atoms with Gasteiger partial charge in [-0.15, -0.1) is 12.4 Å². The van der Waals surface area contributed by atoms with E-state index < -0.39 is 5.60 Å². The number of hydrogen-bond acceptors (Lipinski definition) is 5. The van der Waals surface area contributed by atoms with E-state index in [-0.39, 0.29) is 24.3 Å². The lowest BCUT2D eigenvalue weighted by atomic mass is 9.88. The average molecular weight is 235 g/mol. The summed E-state index contributed by atoms with van der Waals surface area (Å²) < 4.78 is 4.75. The number of nitrogens with two attached hydrogens (primary N) is 1. The first kappa shape index (κ1) is 12.3. The molecule has 1 aliphatic carbocycles. The number of fused-ring (bicyclic) bond motifs is 1. The topological polar surface area (TPSA) is 73.9 Å². The first-order valence-corrected chi connectivity index (χ1v) is 4.78. The van der Waals surface area contributed by atoms with Crippen LogP contribution in [0.25, 0.3) is 0 Å². The predicted molar refractivity (Wildman–Crippen MR) is 56.9 cm³/mol. The Morgan fingerprint density at radius 1 is 1.80 bits per heavy atom. The smallest absolute Gasteiger partial charge is 0.353 e. The van der Waals surface area contributed by atoms with Crippen LogP contribution in [-0.2, 0) is 14.4 Å². The maximum atomic E-state index is 11.6. The summed E-state index contributed by atoms with van der Waals surface area (Å²) in [5, 5.41) is 3.87. The molecule has 0 aromatic rings. The maximum Gasteiger partial charge on any atom is 0.353 e. The van der Waals surface area contributed by atoms with Crippen LogP contribution < -0.4 is 5.73 Å². The van der Waals surface area contributed by atoms with E-state index in [0.29, 0.717) is 13.0 Å². The van der Waals surface area contributed by atoms with E-state index in [1.165, 1.54) is 7.11 Å². The van der Waals surface area contributed by atoms with Gasteiger partial charge in [0.05, 0.1) is 18.7 Å². The highest BCUT2D eigenvalue weighted by Crippen LogP contribution is 2.44. The number of methoxy groups -OCH3 is 1. The van der Waals surface area contributed by atoms with Gasteiger partial charge in [0.1, 0.15) is 0 Å². The van der Waals surface area contributed by atoms with Crippen molar-refractivity contribution in [3.8, 4) is 0 Å².